The number of hydrogen-bond donors (Lipinski definition) is 1. The van der Waals surface area contributed by atoms with Crippen LogP contribution in [0.3, 0.4) is 0 Å². The first-order valence-electron chi connectivity index (χ1n) is 6.23. The molecule has 0 bridgehead atoms. The Morgan fingerprint density at radius 3 is 2.48 bits per heavy atom. The van der Waals surface area contributed by atoms with Crippen molar-refractivity contribution in [3.8, 4) is 22.6 Å². The highest BCUT2D eigenvalue weighted by atomic mass is 32.1. The Hall–Kier alpha value is -2.21. The van der Waals surface area contributed by atoms with Crippen molar-refractivity contribution >= 4 is 22.3 Å². The Bertz CT molecular complexity index is 679. The highest BCUT2D eigenvalue weighted by molar-refractivity contribution is 7.16. The van der Waals surface area contributed by atoms with E-state index in [-0.39, 0.29) is 0 Å². The van der Waals surface area contributed by atoms with E-state index < -0.39 is 5.97 Å². The Morgan fingerprint density at radius 2 is 1.90 bits per heavy atom. The zero-order valence-electron chi connectivity index (χ0n) is 12.4. The smallest absolute Gasteiger partial charge is 0.341 e. The van der Waals surface area contributed by atoms with Gasteiger partial charge in [0.2, 0.25) is 0 Å². The largest absolute Gasteiger partial charge is 0.497 e. The number of aryl methyl sites for hydroxylation is 1. The Balaban J connectivity index is 2.74. The topological polar surface area (TPSA) is 70.8 Å². The number of carbonyl (C=O) groups excluding carboxylic acids is 1. The zero-order chi connectivity index (χ0) is 15.6. The lowest BCUT2D eigenvalue weighted by Crippen LogP contribution is -2.05. The molecule has 0 atom stereocenters. The van der Waals surface area contributed by atoms with Gasteiger partial charge in [-0.3, -0.25) is 0 Å². The van der Waals surface area contributed by atoms with Gasteiger partial charge in [-0.25, -0.2) is 4.79 Å². The van der Waals surface area contributed by atoms with Gasteiger partial charge in [0.1, 0.15) is 22.1 Å². The van der Waals surface area contributed by atoms with Crippen LogP contribution in [0.2, 0.25) is 0 Å². The first kappa shape index (κ1) is 15.2. The van der Waals surface area contributed by atoms with Crippen molar-refractivity contribution < 1.29 is 19.0 Å². The van der Waals surface area contributed by atoms with Crippen LogP contribution in [0.25, 0.3) is 11.1 Å². The summed E-state index contributed by atoms with van der Waals surface area (Å²) in [6.45, 7) is 1.90. The van der Waals surface area contributed by atoms with Gasteiger partial charge in [0, 0.05) is 16.0 Å². The normalized spacial score (nSPS) is 10.3. The molecule has 0 saturated heterocycles. The predicted molar refractivity (Wildman–Crippen MR) is 83.3 cm³/mol. The van der Waals surface area contributed by atoms with Crippen LogP contribution in [-0.4, -0.2) is 27.3 Å². The number of esters is 1. The lowest BCUT2D eigenvalue weighted by molar-refractivity contribution is 0.0603. The van der Waals surface area contributed by atoms with E-state index >= 15 is 0 Å². The van der Waals surface area contributed by atoms with Crippen LogP contribution in [0.15, 0.2) is 18.2 Å². The number of hydrogen-bond acceptors (Lipinski definition) is 6. The summed E-state index contributed by atoms with van der Waals surface area (Å²) in [4.78, 5) is 12.9. The van der Waals surface area contributed by atoms with Gasteiger partial charge >= 0.3 is 5.97 Å². The average Bonchev–Trinajstić information content (AvgIpc) is 2.79. The molecule has 0 amide bonds. The van der Waals surface area contributed by atoms with Gasteiger partial charge in [0.25, 0.3) is 0 Å². The second-order valence-corrected chi connectivity index (χ2v) is 5.59. The van der Waals surface area contributed by atoms with Crippen molar-refractivity contribution in [1.29, 1.82) is 0 Å². The third kappa shape index (κ3) is 2.67. The van der Waals surface area contributed by atoms with Crippen molar-refractivity contribution in [3.05, 3.63) is 28.6 Å². The molecule has 0 aliphatic heterocycles. The predicted octanol–water partition coefficient (Wildman–Crippen LogP) is 3.11. The summed E-state index contributed by atoms with van der Waals surface area (Å²) in [6.07, 6.45) is 0. The summed E-state index contributed by atoms with van der Waals surface area (Å²) in [5, 5.41) is 0.430. The van der Waals surface area contributed by atoms with Crippen LogP contribution < -0.4 is 15.2 Å². The summed E-state index contributed by atoms with van der Waals surface area (Å²) in [7, 11) is 4.50. The summed E-state index contributed by atoms with van der Waals surface area (Å²) in [6, 6.07) is 5.41. The molecular formula is C15H17NO4S. The van der Waals surface area contributed by atoms with Crippen LogP contribution in [0.4, 0.5) is 5.00 Å². The molecule has 5 nitrogen and oxygen atoms in total. The number of benzene rings is 1. The van der Waals surface area contributed by atoms with Crippen molar-refractivity contribution in [1.82, 2.24) is 0 Å². The number of nitrogen functional groups attached to an aromatic ring is 1. The third-order valence-corrected chi connectivity index (χ3v) is 4.11. The molecule has 1 aromatic carbocycles. The number of anilines is 1. The van der Waals surface area contributed by atoms with Gasteiger partial charge in [-0.2, -0.15) is 0 Å². The van der Waals surface area contributed by atoms with Gasteiger partial charge in [-0.05, 0) is 25.1 Å². The molecule has 6 heteroatoms. The number of ether oxygens (including phenoxy) is 3. The second kappa shape index (κ2) is 6.05. The highest BCUT2D eigenvalue weighted by Gasteiger charge is 2.24. The molecule has 1 aromatic heterocycles. The molecule has 0 radical (unpaired) electrons. The van der Waals surface area contributed by atoms with Crippen molar-refractivity contribution in [2.75, 3.05) is 27.1 Å². The summed E-state index contributed by atoms with van der Waals surface area (Å²) in [5.74, 6) is 0.851. The fourth-order valence-corrected chi connectivity index (χ4v) is 3.14. The first-order valence-corrected chi connectivity index (χ1v) is 7.04. The lowest BCUT2D eigenvalue weighted by Gasteiger charge is -2.12. The average molecular weight is 307 g/mol. The molecule has 0 fully saturated rings. The van der Waals surface area contributed by atoms with Crippen molar-refractivity contribution in [2.45, 2.75) is 6.92 Å². The summed E-state index contributed by atoms with van der Waals surface area (Å²) < 4.78 is 15.5. The van der Waals surface area contributed by atoms with Gasteiger partial charge in [0.15, 0.2) is 0 Å². The maximum atomic E-state index is 12.0. The lowest BCUT2D eigenvalue weighted by atomic mass is 10.00. The molecule has 0 unspecified atom stereocenters. The highest BCUT2D eigenvalue weighted by Crippen LogP contribution is 2.43. The number of methoxy groups -OCH3 is 3. The SMILES string of the molecule is COC(=O)c1c(N)sc(C)c1-c1cc(OC)ccc1OC. The number of rotatable bonds is 4. The van der Waals surface area contributed by atoms with Crippen LogP contribution in [0.1, 0.15) is 15.2 Å². The molecule has 112 valence electrons. The number of thiophene rings is 1. The van der Waals surface area contributed by atoms with E-state index in [9.17, 15) is 4.79 Å². The molecule has 2 aromatic rings. The molecule has 21 heavy (non-hydrogen) atoms. The van der Waals surface area contributed by atoms with E-state index in [0.29, 0.717) is 22.1 Å². The Morgan fingerprint density at radius 1 is 1.19 bits per heavy atom. The van der Waals surface area contributed by atoms with Gasteiger partial charge in [-0.1, -0.05) is 0 Å². The van der Waals surface area contributed by atoms with E-state index in [2.05, 4.69) is 0 Å². The summed E-state index contributed by atoms with van der Waals surface area (Å²) in [5.41, 5.74) is 7.81. The second-order valence-electron chi connectivity index (χ2n) is 4.33. The standard InChI is InChI=1S/C15H17NO4S/c1-8-12(13(14(16)21-8)15(17)20-4)10-7-9(18-2)5-6-11(10)19-3/h5-7H,16H2,1-4H3. The van der Waals surface area contributed by atoms with E-state index in [0.717, 1.165) is 16.0 Å². The van der Waals surface area contributed by atoms with Crippen LogP contribution >= 0.6 is 11.3 Å². The molecule has 0 spiro atoms. The molecule has 2 N–H and O–H groups in total. The molecule has 2 rings (SSSR count). The first-order chi connectivity index (χ1) is 10.0. The third-order valence-electron chi connectivity index (χ3n) is 3.18. The van der Waals surface area contributed by atoms with Crippen molar-refractivity contribution in [3.63, 3.8) is 0 Å². The molecular weight excluding hydrogens is 290 g/mol. The quantitative estimate of drug-likeness (QED) is 0.879. The minimum atomic E-state index is -0.461. The van der Waals surface area contributed by atoms with Crippen molar-refractivity contribution in [2.24, 2.45) is 0 Å². The fraction of sp³-hybridized carbons (Fsp3) is 0.267. The van der Waals surface area contributed by atoms with Gasteiger partial charge in [0.05, 0.1) is 21.3 Å². The monoisotopic (exact) mass is 307 g/mol. The van der Waals surface area contributed by atoms with E-state index in [1.54, 1.807) is 26.4 Å². The van der Waals surface area contributed by atoms with Crippen LogP contribution in [-0.2, 0) is 4.74 Å². The molecule has 1 heterocycles. The zero-order valence-corrected chi connectivity index (χ0v) is 13.2. The van der Waals surface area contributed by atoms with Crippen LogP contribution in [0.5, 0.6) is 11.5 Å². The Kier molecular flexibility index (Phi) is 4.37. The van der Waals surface area contributed by atoms with Gasteiger partial charge < -0.3 is 19.9 Å². The van der Waals surface area contributed by atoms with Crippen LogP contribution in [0, 0.1) is 6.92 Å². The molecule has 0 aliphatic carbocycles. The van der Waals surface area contributed by atoms with E-state index in [1.165, 1.54) is 18.4 Å². The minimum absolute atomic E-state index is 0.367. The number of carbonyl (C=O) groups is 1. The maximum Gasteiger partial charge on any atom is 0.341 e. The maximum absolute atomic E-state index is 12.0. The number of nitrogens with two attached hydrogens (primary N) is 1. The van der Waals surface area contributed by atoms with Gasteiger partial charge in [-0.15, -0.1) is 11.3 Å². The molecule has 0 saturated carbocycles. The van der Waals surface area contributed by atoms with E-state index in [1.807, 2.05) is 13.0 Å². The Labute approximate surface area is 127 Å². The molecule has 0 aliphatic rings. The summed E-state index contributed by atoms with van der Waals surface area (Å²) >= 11 is 1.35. The fourth-order valence-electron chi connectivity index (χ4n) is 2.20. The van der Waals surface area contributed by atoms with E-state index in [4.69, 9.17) is 19.9 Å². The minimum Gasteiger partial charge on any atom is -0.497 e.